The molecule has 1 fully saturated rings. The number of carbonyl (C=O) groups excluding carboxylic acids is 2. The van der Waals surface area contributed by atoms with Crippen molar-refractivity contribution >= 4 is 29.2 Å². The number of carboxylic acid groups (broad SMARTS) is 1. The summed E-state index contributed by atoms with van der Waals surface area (Å²) in [5.41, 5.74) is 3.31. The molecule has 2 aromatic carbocycles. The molecule has 27 heavy (non-hydrogen) atoms. The Labute approximate surface area is 157 Å². The number of hydrogen-bond donors (Lipinski definition) is 1. The third-order valence-electron chi connectivity index (χ3n) is 5.34. The molecule has 4 rings (SSSR count). The van der Waals surface area contributed by atoms with Gasteiger partial charge in [-0.2, -0.15) is 0 Å². The van der Waals surface area contributed by atoms with E-state index in [2.05, 4.69) is 6.07 Å². The molecule has 0 aliphatic carbocycles. The van der Waals surface area contributed by atoms with E-state index in [1.54, 1.807) is 13.0 Å². The maximum Gasteiger partial charge on any atom is 0.335 e. The fourth-order valence-electron chi connectivity index (χ4n) is 3.98. The minimum atomic E-state index is -1.09. The van der Waals surface area contributed by atoms with E-state index in [0.717, 1.165) is 30.0 Å². The summed E-state index contributed by atoms with van der Waals surface area (Å²) >= 11 is 0. The lowest BCUT2D eigenvalue weighted by atomic mass is 9.99. The van der Waals surface area contributed by atoms with E-state index in [-0.39, 0.29) is 23.8 Å². The van der Waals surface area contributed by atoms with Gasteiger partial charge in [0.25, 0.3) is 5.91 Å². The molecule has 138 valence electrons. The Morgan fingerprint density at radius 2 is 1.89 bits per heavy atom. The van der Waals surface area contributed by atoms with Gasteiger partial charge in [-0.25, -0.2) is 9.69 Å². The van der Waals surface area contributed by atoms with Gasteiger partial charge < -0.3 is 10.0 Å². The number of aryl methyl sites for hydroxylation is 2. The minimum absolute atomic E-state index is 0.0583. The molecule has 1 atom stereocenters. The molecule has 2 aliphatic heterocycles. The van der Waals surface area contributed by atoms with Crippen LogP contribution < -0.4 is 9.80 Å². The molecule has 2 heterocycles. The highest BCUT2D eigenvalue weighted by atomic mass is 16.4. The Kier molecular flexibility index (Phi) is 4.18. The van der Waals surface area contributed by atoms with Gasteiger partial charge in [-0.15, -0.1) is 0 Å². The Hall–Kier alpha value is -3.15. The van der Waals surface area contributed by atoms with Gasteiger partial charge in [0, 0.05) is 12.2 Å². The number of anilines is 2. The number of hydrogen-bond acceptors (Lipinski definition) is 4. The first-order valence-electron chi connectivity index (χ1n) is 9.02. The molecule has 1 N–H and O–H groups in total. The number of rotatable bonds is 3. The van der Waals surface area contributed by atoms with Crippen LogP contribution in [0.5, 0.6) is 0 Å². The number of amides is 2. The van der Waals surface area contributed by atoms with Crippen LogP contribution in [0.4, 0.5) is 11.4 Å². The fourth-order valence-corrected chi connectivity index (χ4v) is 3.98. The van der Waals surface area contributed by atoms with E-state index in [4.69, 9.17) is 0 Å². The first kappa shape index (κ1) is 17.3. The minimum Gasteiger partial charge on any atom is -0.478 e. The van der Waals surface area contributed by atoms with E-state index >= 15 is 0 Å². The number of imide groups is 1. The predicted octanol–water partition coefficient (Wildman–Crippen LogP) is 2.78. The maximum atomic E-state index is 13.2. The quantitative estimate of drug-likeness (QED) is 0.848. The van der Waals surface area contributed by atoms with Crippen LogP contribution >= 0.6 is 0 Å². The molecule has 6 heteroatoms. The van der Waals surface area contributed by atoms with Crippen LogP contribution in [0.3, 0.4) is 0 Å². The summed E-state index contributed by atoms with van der Waals surface area (Å²) in [5, 5.41) is 9.24. The molecule has 0 aromatic heterocycles. The second-order valence-electron chi connectivity index (χ2n) is 7.02. The predicted molar refractivity (Wildman–Crippen MR) is 101 cm³/mol. The molecule has 2 aromatic rings. The zero-order valence-electron chi connectivity index (χ0n) is 15.0. The molecular formula is C21H20N2O4. The molecule has 0 saturated carbocycles. The first-order chi connectivity index (χ1) is 13.0. The summed E-state index contributed by atoms with van der Waals surface area (Å²) in [7, 11) is 0. The maximum absolute atomic E-state index is 13.2. The molecule has 0 radical (unpaired) electrons. The number of benzene rings is 2. The van der Waals surface area contributed by atoms with Crippen molar-refractivity contribution in [3.05, 3.63) is 59.2 Å². The van der Waals surface area contributed by atoms with Crippen LogP contribution in [0, 0.1) is 6.92 Å². The molecule has 2 amide bonds. The third-order valence-corrected chi connectivity index (χ3v) is 5.34. The molecule has 1 saturated heterocycles. The number of para-hydroxylation sites is 1. The van der Waals surface area contributed by atoms with Crippen LogP contribution in [0.1, 0.15) is 34.3 Å². The Balaban J connectivity index is 1.70. The fraction of sp³-hybridized carbons (Fsp3) is 0.286. The average Bonchev–Trinajstić information content (AvgIpc) is 2.95. The van der Waals surface area contributed by atoms with Crippen molar-refractivity contribution in [2.75, 3.05) is 16.3 Å². The van der Waals surface area contributed by atoms with E-state index in [1.807, 2.05) is 23.1 Å². The lowest BCUT2D eigenvalue weighted by Crippen LogP contribution is -2.44. The number of nitrogens with zero attached hydrogens (tertiary/aromatic N) is 2. The van der Waals surface area contributed by atoms with Crippen LogP contribution in [0.2, 0.25) is 0 Å². The average molecular weight is 364 g/mol. The van der Waals surface area contributed by atoms with Crippen molar-refractivity contribution in [3.63, 3.8) is 0 Å². The molecule has 6 nitrogen and oxygen atoms in total. The number of aromatic carboxylic acids is 1. The van der Waals surface area contributed by atoms with E-state index < -0.39 is 12.0 Å². The van der Waals surface area contributed by atoms with Crippen molar-refractivity contribution in [2.24, 2.45) is 0 Å². The summed E-state index contributed by atoms with van der Waals surface area (Å²) < 4.78 is 0. The van der Waals surface area contributed by atoms with Gasteiger partial charge in [-0.1, -0.05) is 24.3 Å². The Morgan fingerprint density at radius 3 is 2.67 bits per heavy atom. The largest absolute Gasteiger partial charge is 0.478 e. The van der Waals surface area contributed by atoms with E-state index in [1.165, 1.54) is 17.7 Å². The second kappa shape index (κ2) is 6.54. The van der Waals surface area contributed by atoms with Gasteiger partial charge >= 0.3 is 5.97 Å². The summed E-state index contributed by atoms with van der Waals surface area (Å²) in [6, 6.07) is 11.9. The summed E-state index contributed by atoms with van der Waals surface area (Å²) in [5.74, 6) is -1.67. The van der Waals surface area contributed by atoms with Crippen molar-refractivity contribution < 1.29 is 19.5 Å². The SMILES string of the molecule is Cc1ccc(C(=O)O)cc1N1C(=O)CC(N2CCCc3ccccc32)C1=O. The lowest BCUT2D eigenvalue weighted by Gasteiger charge is -2.34. The lowest BCUT2D eigenvalue weighted by molar-refractivity contribution is -0.121. The normalized spacial score (nSPS) is 19.4. The molecule has 2 aliphatic rings. The topological polar surface area (TPSA) is 77.9 Å². The number of carbonyl (C=O) groups is 3. The van der Waals surface area contributed by atoms with Crippen molar-refractivity contribution in [1.82, 2.24) is 0 Å². The Morgan fingerprint density at radius 1 is 1.11 bits per heavy atom. The van der Waals surface area contributed by atoms with Crippen LogP contribution in [0.25, 0.3) is 0 Å². The Bertz CT molecular complexity index is 953. The van der Waals surface area contributed by atoms with Gasteiger partial charge in [0.1, 0.15) is 6.04 Å². The van der Waals surface area contributed by atoms with E-state index in [0.29, 0.717) is 11.3 Å². The number of fused-ring (bicyclic) bond motifs is 1. The van der Waals surface area contributed by atoms with E-state index in [9.17, 15) is 19.5 Å². The zero-order valence-corrected chi connectivity index (χ0v) is 15.0. The van der Waals surface area contributed by atoms with Gasteiger partial charge in [-0.05, 0) is 49.1 Å². The second-order valence-corrected chi connectivity index (χ2v) is 7.02. The van der Waals surface area contributed by atoms with Crippen LogP contribution in [-0.4, -0.2) is 35.5 Å². The van der Waals surface area contributed by atoms with Crippen molar-refractivity contribution in [3.8, 4) is 0 Å². The smallest absolute Gasteiger partial charge is 0.335 e. The molecule has 1 unspecified atom stereocenters. The van der Waals surface area contributed by atoms with Crippen molar-refractivity contribution in [2.45, 2.75) is 32.2 Å². The summed E-state index contributed by atoms with van der Waals surface area (Å²) in [4.78, 5) is 40.4. The standard InChI is InChI=1S/C21H20N2O4/c1-13-8-9-15(21(26)27)11-17(13)23-19(24)12-18(20(23)25)22-10-4-6-14-5-2-3-7-16(14)22/h2-3,5,7-9,11,18H,4,6,10,12H2,1H3,(H,26,27). The third kappa shape index (κ3) is 2.87. The van der Waals surface area contributed by atoms with Gasteiger partial charge in [-0.3, -0.25) is 9.59 Å². The number of carboxylic acids is 1. The molecule has 0 bridgehead atoms. The zero-order chi connectivity index (χ0) is 19.1. The van der Waals surface area contributed by atoms with Crippen LogP contribution in [0.15, 0.2) is 42.5 Å². The first-order valence-corrected chi connectivity index (χ1v) is 9.02. The monoisotopic (exact) mass is 364 g/mol. The highest BCUT2D eigenvalue weighted by Gasteiger charge is 2.44. The van der Waals surface area contributed by atoms with Crippen molar-refractivity contribution in [1.29, 1.82) is 0 Å². The summed E-state index contributed by atoms with van der Waals surface area (Å²) in [6.45, 7) is 2.49. The molecular weight excluding hydrogens is 344 g/mol. The molecule has 0 spiro atoms. The van der Waals surface area contributed by atoms with Gasteiger partial charge in [0.2, 0.25) is 5.91 Å². The highest BCUT2D eigenvalue weighted by Crippen LogP contribution is 2.34. The van der Waals surface area contributed by atoms with Crippen LogP contribution in [-0.2, 0) is 16.0 Å². The van der Waals surface area contributed by atoms with Gasteiger partial charge in [0.15, 0.2) is 0 Å². The highest BCUT2D eigenvalue weighted by molar-refractivity contribution is 6.24. The van der Waals surface area contributed by atoms with Gasteiger partial charge in [0.05, 0.1) is 17.7 Å². The summed E-state index contributed by atoms with van der Waals surface area (Å²) in [6.07, 6.45) is 2.00.